The number of amides is 1. The first-order valence-corrected chi connectivity index (χ1v) is 23.6. The highest BCUT2D eigenvalue weighted by Gasteiger charge is 2.69. The molecule has 3 aromatic carbocycles. The molecule has 0 spiro atoms. The van der Waals surface area contributed by atoms with Crippen LogP contribution in [0.3, 0.4) is 0 Å². The van der Waals surface area contributed by atoms with Crippen molar-refractivity contribution in [3.8, 4) is 11.6 Å². The zero-order valence-electron chi connectivity index (χ0n) is 36.9. The summed E-state index contributed by atoms with van der Waals surface area (Å²) < 4.78 is 42.5. The first kappa shape index (κ1) is 43.9. The van der Waals surface area contributed by atoms with E-state index in [1.54, 1.807) is 32.8 Å². The highest BCUT2D eigenvalue weighted by atomic mass is 28.4. The maximum absolute atomic E-state index is 16.7. The van der Waals surface area contributed by atoms with Crippen molar-refractivity contribution in [1.82, 2.24) is 15.0 Å². The minimum atomic E-state index is -3.01. The van der Waals surface area contributed by atoms with Crippen LogP contribution < -0.4 is 14.8 Å². The van der Waals surface area contributed by atoms with E-state index < -0.39 is 71.4 Å². The van der Waals surface area contributed by atoms with Crippen molar-refractivity contribution in [2.24, 2.45) is 11.8 Å². The van der Waals surface area contributed by atoms with Gasteiger partial charge in [-0.05, 0) is 95.2 Å². The zero-order valence-corrected chi connectivity index (χ0v) is 37.9. The quantitative estimate of drug-likeness (QED) is 0.105. The Bertz CT molecular complexity index is 2390. The summed E-state index contributed by atoms with van der Waals surface area (Å²) in [6, 6.07) is 19.2. The van der Waals surface area contributed by atoms with Gasteiger partial charge < -0.3 is 28.8 Å². The van der Waals surface area contributed by atoms with Crippen LogP contribution in [0.5, 0.6) is 11.6 Å². The second kappa shape index (κ2) is 16.0. The molecule has 0 bridgehead atoms. The van der Waals surface area contributed by atoms with Gasteiger partial charge in [-0.1, -0.05) is 81.4 Å². The first-order valence-electron chi connectivity index (χ1n) is 20.7. The SMILES string of the molecule is CN(C)[C@@H]1c2onc(OCc3ccccc3)c2C(=O)[C@@]2(O[Si](C)(C)C(C)(C)C)C(=O)C3=C(O)c4c(c(F)cc(NC(=O)C(C)(C)N(C)C)c4OCc4ccccc4)C[C@H]3C[C@@H]12. The van der Waals surface area contributed by atoms with Crippen molar-refractivity contribution in [3.05, 3.63) is 112 Å². The molecular formula is C47H57FN4O8Si. The molecule has 7 rings (SSSR count). The van der Waals surface area contributed by atoms with E-state index in [1.165, 1.54) is 6.07 Å². The molecule has 1 amide bonds. The molecule has 0 unspecified atom stereocenters. The van der Waals surface area contributed by atoms with Crippen LogP contribution in [0.1, 0.15) is 85.5 Å². The van der Waals surface area contributed by atoms with E-state index in [2.05, 4.69) is 10.5 Å². The topological polar surface area (TPSA) is 144 Å². The molecule has 0 saturated heterocycles. The minimum Gasteiger partial charge on any atom is -0.507 e. The smallest absolute Gasteiger partial charge is 0.265 e. The Hall–Kier alpha value is -5.15. The molecule has 1 saturated carbocycles. The average molecular weight is 853 g/mol. The summed E-state index contributed by atoms with van der Waals surface area (Å²) in [6.07, 6.45) is 0.157. The predicted molar refractivity (Wildman–Crippen MR) is 232 cm³/mol. The van der Waals surface area contributed by atoms with Crippen LogP contribution in [0, 0.1) is 17.7 Å². The van der Waals surface area contributed by atoms with Gasteiger partial charge in [0.1, 0.15) is 30.4 Å². The molecule has 324 valence electrons. The monoisotopic (exact) mass is 852 g/mol. The van der Waals surface area contributed by atoms with Crippen LogP contribution in [0.15, 0.2) is 76.8 Å². The van der Waals surface area contributed by atoms with Gasteiger partial charge in [-0.3, -0.25) is 24.2 Å². The number of aliphatic hydroxyl groups is 1. The Labute approximate surface area is 358 Å². The second-order valence-electron chi connectivity index (χ2n) is 18.9. The number of rotatable bonds is 12. The summed E-state index contributed by atoms with van der Waals surface area (Å²) >= 11 is 0. The van der Waals surface area contributed by atoms with Crippen molar-refractivity contribution >= 4 is 37.2 Å². The number of carbonyl (C=O) groups is 3. The third-order valence-electron chi connectivity index (χ3n) is 13.4. The number of halogens is 1. The van der Waals surface area contributed by atoms with Crippen molar-refractivity contribution in [1.29, 1.82) is 0 Å². The van der Waals surface area contributed by atoms with Crippen LogP contribution in [-0.4, -0.2) is 85.2 Å². The van der Waals surface area contributed by atoms with E-state index in [0.29, 0.717) is 0 Å². The summed E-state index contributed by atoms with van der Waals surface area (Å²) in [7, 11) is 4.17. The third-order valence-corrected chi connectivity index (χ3v) is 17.8. The van der Waals surface area contributed by atoms with Crippen LogP contribution in [0.4, 0.5) is 10.1 Å². The fourth-order valence-corrected chi connectivity index (χ4v) is 9.86. The number of aromatic nitrogens is 1. The zero-order chi connectivity index (χ0) is 44.4. The number of aliphatic hydroxyl groups excluding tert-OH is 1. The van der Waals surface area contributed by atoms with E-state index in [1.807, 2.05) is 114 Å². The first-order chi connectivity index (χ1) is 28.6. The van der Waals surface area contributed by atoms with Gasteiger partial charge in [0, 0.05) is 23.1 Å². The van der Waals surface area contributed by atoms with Gasteiger partial charge >= 0.3 is 0 Å². The number of nitrogens with one attached hydrogen (secondary N) is 1. The van der Waals surface area contributed by atoms with Gasteiger partial charge in [0.25, 0.3) is 5.88 Å². The number of ketones is 2. The van der Waals surface area contributed by atoms with Crippen LogP contribution >= 0.6 is 0 Å². The Morgan fingerprint density at radius 3 is 2.08 bits per heavy atom. The number of fused-ring (bicyclic) bond motifs is 4. The molecule has 1 aromatic heterocycles. The van der Waals surface area contributed by atoms with Gasteiger partial charge in [-0.25, -0.2) is 4.39 Å². The van der Waals surface area contributed by atoms with Crippen molar-refractivity contribution in [2.75, 3.05) is 33.5 Å². The summed E-state index contributed by atoms with van der Waals surface area (Å²) in [5, 5.41) is 19.3. The maximum Gasteiger partial charge on any atom is 0.265 e. The number of Topliss-reactive ketones (excluding diaryl/α,β-unsaturated/α-hetero) is 2. The molecule has 2 N–H and O–H groups in total. The molecular weight excluding hydrogens is 796 g/mol. The summed E-state index contributed by atoms with van der Waals surface area (Å²) in [5.41, 5.74) is -1.54. The lowest BCUT2D eigenvalue weighted by atomic mass is 9.57. The standard InChI is InChI=1S/C47H57FN4O8Si/c1-45(2,3)61(10,11)60-47-31(37(51(6)7)40-36(42(47)55)43(50-59-40)58-26-28-20-16-13-17-21-28)23-29-22-30-32(48)24-33(49-44(56)46(4,5)52(8)9)39(35(30)38(53)34(29)41(47)54)57-25-27-18-14-12-15-19-27/h12-21,24,29,31,37,53H,22-23,25-26H2,1-11H3,(H,49,56)/t29-,31-,37-,47-/m0/s1. The number of hydrogen-bond acceptors (Lipinski definition) is 11. The molecule has 4 atom stereocenters. The number of carbonyl (C=O) groups excluding carboxylic acids is 3. The molecule has 0 radical (unpaired) electrons. The Balaban J connectivity index is 1.43. The minimum absolute atomic E-state index is 0.0000415. The van der Waals surface area contributed by atoms with Crippen LogP contribution in [0.2, 0.25) is 18.1 Å². The Morgan fingerprint density at radius 2 is 1.52 bits per heavy atom. The molecule has 0 aliphatic heterocycles. The van der Waals surface area contributed by atoms with Crippen LogP contribution in [-0.2, 0) is 33.6 Å². The van der Waals surface area contributed by atoms with E-state index >= 15 is 14.0 Å². The van der Waals surface area contributed by atoms with E-state index in [0.717, 1.165) is 11.1 Å². The highest BCUT2D eigenvalue weighted by molar-refractivity contribution is 6.74. The van der Waals surface area contributed by atoms with E-state index in [-0.39, 0.29) is 71.4 Å². The van der Waals surface area contributed by atoms with Gasteiger partial charge in [0.05, 0.1) is 22.8 Å². The van der Waals surface area contributed by atoms with Crippen molar-refractivity contribution in [2.45, 2.75) is 96.0 Å². The number of ether oxygens (including phenoxy) is 2. The van der Waals surface area contributed by atoms with Gasteiger partial charge in [0.2, 0.25) is 17.5 Å². The van der Waals surface area contributed by atoms with Crippen LogP contribution in [0.25, 0.3) is 5.76 Å². The number of nitrogens with zero attached hydrogens (tertiary/aromatic N) is 3. The van der Waals surface area contributed by atoms with Crippen molar-refractivity contribution < 1.29 is 42.3 Å². The van der Waals surface area contributed by atoms with Gasteiger partial charge in [-0.2, -0.15) is 0 Å². The average Bonchev–Trinajstić information content (AvgIpc) is 3.61. The molecule has 12 nitrogen and oxygen atoms in total. The third kappa shape index (κ3) is 7.51. The largest absolute Gasteiger partial charge is 0.507 e. The van der Waals surface area contributed by atoms with E-state index in [4.69, 9.17) is 18.4 Å². The van der Waals surface area contributed by atoms with Gasteiger partial charge in [-0.15, -0.1) is 0 Å². The molecule has 1 fully saturated rings. The number of anilines is 1. The number of hydrogen-bond donors (Lipinski definition) is 2. The number of likely N-dealkylation sites (N-methyl/N-ethyl adjacent to an activating group) is 1. The maximum atomic E-state index is 16.7. The fourth-order valence-electron chi connectivity index (χ4n) is 8.42. The van der Waals surface area contributed by atoms with Crippen molar-refractivity contribution in [3.63, 3.8) is 0 Å². The highest BCUT2D eigenvalue weighted by Crippen LogP contribution is 2.59. The van der Waals surface area contributed by atoms with E-state index in [9.17, 15) is 9.90 Å². The normalized spacial score (nSPS) is 21.5. The summed E-state index contributed by atoms with van der Waals surface area (Å²) in [6.45, 7) is 13.6. The number of benzene rings is 3. The molecule has 4 aromatic rings. The Morgan fingerprint density at radius 1 is 0.934 bits per heavy atom. The molecule has 61 heavy (non-hydrogen) atoms. The molecule has 3 aliphatic rings. The molecule has 1 heterocycles. The molecule has 14 heteroatoms. The summed E-state index contributed by atoms with van der Waals surface area (Å²) in [5.74, 6) is -4.39. The van der Waals surface area contributed by atoms with Gasteiger partial charge in [0.15, 0.2) is 25.4 Å². The lowest BCUT2D eigenvalue weighted by Gasteiger charge is -2.55. The molecule has 3 aliphatic carbocycles. The Kier molecular flexibility index (Phi) is 11.5. The fraction of sp³-hybridized carbons (Fsp3) is 0.447. The lowest BCUT2D eigenvalue weighted by molar-refractivity contribution is -0.140. The second-order valence-corrected chi connectivity index (χ2v) is 23.7. The lowest BCUT2D eigenvalue weighted by Crippen LogP contribution is -2.68. The predicted octanol–water partition coefficient (Wildman–Crippen LogP) is 8.54. The summed E-state index contributed by atoms with van der Waals surface area (Å²) in [4.78, 5) is 48.9.